The van der Waals surface area contributed by atoms with Crippen molar-refractivity contribution in [3.63, 3.8) is 0 Å². The van der Waals surface area contributed by atoms with Crippen molar-refractivity contribution in [2.75, 3.05) is 0 Å². The molecule has 0 aliphatic heterocycles. The lowest BCUT2D eigenvalue weighted by molar-refractivity contribution is -0.140. The summed E-state index contributed by atoms with van der Waals surface area (Å²) in [5.41, 5.74) is 3.48. The molecule has 0 spiro atoms. The van der Waals surface area contributed by atoms with Crippen LogP contribution in [0.25, 0.3) is 0 Å². The average molecular weight is 342 g/mol. The van der Waals surface area contributed by atoms with E-state index in [1.54, 1.807) is 13.8 Å². The Morgan fingerprint density at radius 1 is 1.08 bits per heavy atom. The molecule has 1 heterocycles. The highest BCUT2D eigenvalue weighted by atomic mass is 16.4. The Hall–Kier alpha value is -2.56. The number of hydrogen-bond acceptors (Lipinski definition) is 2. The van der Waals surface area contributed by atoms with E-state index in [4.69, 9.17) is 0 Å². The van der Waals surface area contributed by atoms with Gasteiger partial charge in [0.1, 0.15) is 6.04 Å². The largest absolute Gasteiger partial charge is 0.480 e. The van der Waals surface area contributed by atoms with Crippen LogP contribution in [0.5, 0.6) is 0 Å². The van der Waals surface area contributed by atoms with Gasteiger partial charge in [0.15, 0.2) is 0 Å². The predicted octanol–water partition coefficient (Wildman–Crippen LogP) is 3.55. The molecule has 2 N–H and O–H groups in total. The Morgan fingerprint density at radius 2 is 1.68 bits per heavy atom. The van der Waals surface area contributed by atoms with Crippen molar-refractivity contribution in [1.29, 1.82) is 0 Å². The van der Waals surface area contributed by atoms with Gasteiger partial charge in [-0.05, 0) is 38.3 Å². The van der Waals surface area contributed by atoms with Crippen molar-refractivity contribution < 1.29 is 14.7 Å². The molecule has 0 bridgehead atoms. The number of aromatic nitrogens is 1. The van der Waals surface area contributed by atoms with Crippen LogP contribution in [-0.2, 0) is 4.79 Å². The number of aryl methyl sites for hydroxylation is 1. The molecule has 0 aliphatic rings. The highest BCUT2D eigenvalue weighted by molar-refractivity contribution is 5.98. The SMILES string of the molecule is Cc1cc(C(=O)N[C@@H](C(=O)O)C(C)C)c(C)n1C(C)c1ccccc1. The smallest absolute Gasteiger partial charge is 0.326 e. The minimum Gasteiger partial charge on any atom is -0.480 e. The van der Waals surface area contributed by atoms with Gasteiger partial charge in [0, 0.05) is 11.4 Å². The van der Waals surface area contributed by atoms with Crippen LogP contribution in [0.2, 0.25) is 0 Å². The lowest BCUT2D eigenvalue weighted by Crippen LogP contribution is -2.44. The molecule has 0 fully saturated rings. The molecule has 134 valence electrons. The number of carbonyl (C=O) groups is 2. The molecule has 0 aliphatic carbocycles. The van der Waals surface area contributed by atoms with E-state index in [0.717, 1.165) is 17.0 Å². The molecule has 1 amide bonds. The molecule has 25 heavy (non-hydrogen) atoms. The molecule has 0 saturated carbocycles. The number of carbonyl (C=O) groups excluding carboxylic acids is 1. The Bertz CT molecular complexity index is 763. The van der Waals surface area contributed by atoms with Crippen molar-refractivity contribution >= 4 is 11.9 Å². The normalized spacial score (nSPS) is 13.5. The molecule has 1 aromatic heterocycles. The molecular formula is C20H26N2O3. The number of carboxylic acids is 1. The maximum absolute atomic E-state index is 12.6. The second-order valence-electron chi connectivity index (χ2n) is 6.77. The van der Waals surface area contributed by atoms with Crippen molar-refractivity contribution in [1.82, 2.24) is 9.88 Å². The van der Waals surface area contributed by atoms with Gasteiger partial charge in [-0.15, -0.1) is 0 Å². The molecule has 5 nitrogen and oxygen atoms in total. The fourth-order valence-corrected chi connectivity index (χ4v) is 3.22. The third kappa shape index (κ3) is 3.92. The molecular weight excluding hydrogens is 316 g/mol. The maximum Gasteiger partial charge on any atom is 0.326 e. The van der Waals surface area contributed by atoms with Gasteiger partial charge in [-0.3, -0.25) is 4.79 Å². The fourth-order valence-electron chi connectivity index (χ4n) is 3.22. The first-order valence-electron chi connectivity index (χ1n) is 8.51. The van der Waals surface area contributed by atoms with Gasteiger partial charge in [-0.2, -0.15) is 0 Å². The zero-order valence-electron chi connectivity index (χ0n) is 15.4. The minimum atomic E-state index is -1.02. The van der Waals surface area contributed by atoms with E-state index >= 15 is 0 Å². The van der Waals surface area contributed by atoms with Gasteiger partial charge in [0.05, 0.1) is 11.6 Å². The number of nitrogens with one attached hydrogen (secondary N) is 1. The second kappa shape index (κ2) is 7.55. The summed E-state index contributed by atoms with van der Waals surface area (Å²) >= 11 is 0. The van der Waals surface area contributed by atoms with Crippen LogP contribution in [0, 0.1) is 19.8 Å². The van der Waals surface area contributed by atoms with Crippen molar-refractivity contribution in [3.05, 3.63) is 58.9 Å². The van der Waals surface area contributed by atoms with Crippen molar-refractivity contribution in [2.45, 2.75) is 46.7 Å². The zero-order chi connectivity index (χ0) is 18.7. The monoisotopic (exact) mass is 342 g/mol. The third-order valence-electron chi connectivity index (χ3n) is 4.62. The van der Waals surface area contributed by atoms with Crippen molar-refractivity contribution in [2.24, 2.45) is 5.92 Å². The number of benzene rings is 1. The Morgan fingerprint density at radius 3 is 2.20 bits per heavy atom. The van der Waals surface area contributed by atoms with Crippen LogP contribution in [0.3, 0.4) is 0 Å². The van der Waals surface area contributed by atoms with E-state index in [1.807, 2.05) is 38.1 Å². The van der Waals surface area contributed by atoms with E-state index < -0.39 is 12.0 Å². The molecule has 5 heteroatoms. The second-order valence-corrected chi connectivity index (χ2v) is 6.77. The molecule has 1 aromatic carbocycles. The summed E-state index contributed by atoms with van der Waals surface area (Å²) in [6.45, 7) is 9.50. The number of aliphatic carboxylic acids is 1. The summed E-state index contributed by atoms with van der Waals surface area (Å²) in [6.07, 6.45) is 0. The van der Waals surface area contributed by atoms with Gasteiger partial charge >= 0.3 is 5.97 Å². The fraction of sp³-hybridized carbons (Fsp3) is 0.400. The van der Waals surface area contributed by atoms with Crippen molar-refractivity contribution in [3.8, 4) is 0 Å². The lowest BCUT2D eigenvalue weighted by Gasteiger charge is -2.20. The molecule has 0 saturated heterocycles. The number of amides is 1. The molecule has 1 unspecified atom stereocenters. The standard InChI is InChI=1S/C20H26N2O3/c1-12(2)18(20(24)25)21-19(23)17-11-13(3)22(15(17)5)14(4)16-9-7-6-8-10-16/h6-12,14,18H,1-5H3,(H,21,23)(H,24,25)/t14?,18-/m1/s1. The van der Waals surface area contributed by atoms with Crippen LogP contribution in [0.1, 0.15) is 54.1 Å². The number of hydrogen-bond donors (Lipinski definition) is 2. The quantitative estimate of drug-likeness (QED) is 0.843. The first-order chi connectivity index (χ1) is 11.7. The number of rotatable bonds is 6. The first-order valence-corrected chi connectivity index (χ1v) is 8.51. The summed E-state index contributed by atoms with van der Waals surface area (Å²) in [4.78, 5) is 24.0. The predicted molar refractivity (Wildman–Crippen MR) is 97.9 cm³/mol. The van der Waals surface area contributed by atoms with Gasteiger partial charge in [0.2, 0.25) is 0 Å². The number of nitrogens with zero attached hydrogens (tertiary/aromatic N) is 1. The van der Waals surface area contributed by atoms with E-state index in [2.05, 4.69) is 28.9 Å². The van der Waals surface area contributed by atoms with E-state index in [1.165, 1.54) is 0 Å². The van der Waals surface area contributed by atoms with Crippen LogP contribution in [0.4, 0.5) is 0 Å². The van der Waals surface area contributed by atoms with E-state index in [9.17, 15) is 14.7 Å². The van der Waals surface area contributed by atoms with Crippen LogP contribution < -0.4 is 5.32 Å². The molecule has 2 atom stereocenters. The summed E-state index contributed by atoms with van der Waals surface area (Å²) in [7, 11) is 0. The van der Waals surface area contributed by atoms with Gasteiger partial charge in [-0.25, -0.2) is 4.79 Å². The van der Waals surface area contributed by atoms with Crippen LogP contribution in [-0.4, -0.2) is 27.6 Å². The van der Waals surface area contributed by atoms with E-state index in [-0.39, 0.29) is 17.9 Å². The Kier molecular flexibility index (Phi) is 5.67. The molecule has 2 aromatic rings. The van der Waals surface area contributed by atoms with Gasteiger partial charge in [0.25, 0.3) is 5.91 Å². The third-order valence-corrected chi connectivity index (χ3v) is 4.62. The zero-order valence-corrected chi connectivity index (χ0v) is 15.4. The highest BCUT2D eigenvalue weighted by Gasteiger charge is 2.26. The van der Waals surface area contributed by atoms with E-state index in [0.29, 0.717) is 5.56 Å². The summed E-state index contributed by atoms with van der Waals surface area (Å²) in [5.74, 6) is -1.55. The Balaban J connectivity index is 2.33. The minimum absolute atomic E-state index is 0.0862. The van der Waals surface area contributed by atoms with Gasteiger partial charge < -0.3 is 15.0 Å². The first kappa shape index (κ1) is 18.8. The lowest BCUT2D eigenvalue weighted by atomic mass is 10.0. The molecule has 0 radical (unpaired) electrons. The van der Waals surface area contributed by atoms with Gasteiger partial charge in [-0.1, -0.05) is 44.2 Å². The molecule has 2 rings (SSSR count). The van der Waals surface area contributed by atoms with Crippen LogP contribution in [0.15, 0.2) is 36.4 Å². The number of carboxylic acid groups (broad SMARTS) is 1. The van der Waals surface area contributed by atoms with Crippen LogP contribution >= 0.6 is 0 Å². The average Bonchev–Trinajstić information content (AvgIpc) is 2.86. The topological polar surface area (TPSA) is 71.3 Å². The summed E-state index contributed by atoms with van der Waals surface area (Å²) < 4.78 is 2.11. The maximum atomic E-state index is 12.6. The highest BCUT2D eigenvalue weighted by Crippen LogP contribution is 2.25. The Labute approximate surface area is 148 Å². The summed E-state index contributed by atoms with van der Waals surface area (Å²) in [6, 6.07) is 11.1. The summed E-state index contributed by atoms with van der Waals surface area (Å²) in [5, 5.41) is 11.9.